The molecular formula is C18H16FNO2. The van der Waals surface area contributed by atoms with E-state index in [4.69, 9.17) is 4.42 Å². The average Bonchev–Trinajstić information content (AvgIpc) is 2.86. The zero-order valence-corrected chi connectivity index (χ0v) is 12.4. The van der Waals surface area contributed by atoms with Crippen LogP contribution in [-0.2, 0) is 11.2 Å². The van der Waals surface area contributed by atoms with Gasteiger partial charge in [0.2, 0.25) is 5.91 Å². The number of hydrogen-bond acceptors (Lipinski definition) is 2. The van der Waals surface area contributed by atoms with Crippen LogP contribution in [0.5, 0.6) is 0 Å². The van der Waals surface area contributed by atoms with Gasteiger partial charge in [0.25, 0.3) is 0 Å². The molecule has 4 heteroatoms. The molecule has 0 saturated heterocycles. The van der Waals surface area contributed by atoms with Crippen molar-refractivity contribution in [3.05, 3.63) is 65.2 Å². The van der Waals surface area contributed by atoms with Crippen LogP contribution in [0.1, 0.15) is 16.7 Å². The maximum atomic E-state index is 13.1. The van der Waals surface area contributed by atoms with Crippen molar-refractivity contribution in [2.24, 2.45) is 0 Å². The van der Waals surface area contributed by atoms with Crippen LogP contribution in [0.3, 0.4) is 0 Å². The Morgan fingerprint density at radius 2 is 2.05 bits per heavy atom. The number of carbonyl (C=O) groups excluding carboxylic acids is 1. The molecule has 0 unspecified atom stereocenters. The smallest absolute Gasteiger partial charge is 0.228 e. The van der Waals surface area contributed by atoms with Gasteiger partial charge in [0.15, 0.2) is 0 Å². The van der Waals surface area contributed by atoms with Crippen molar-refractivity contribution in [2.75, 3.05) is 5.32 Å². The van der Waals surface area contributed by atoms with E-state index in [0.717, 1.165) is 27.7 Å². The highest BCUT2D eigenvalue weighted by Crippen LogP contribution is 2.27. The minimum Gasteiger partial charge on any atom is -0.464 e. The molecule has 1 aromatic heterocycles. The maximum absolute atomic E-state index is 13.1. The number of fused-ring (bicyclic) bond motifs is 1. The first-order valence-corrected chi connectivity index (χ1v) is 7.06. The van der Waals surface area contributed by atoms with Crippen LogP contribution in [0.15, 0.2) is 47.1 Å². The van der Waals surface area contributed by atoms with E-state index in [2.05, 4.69) is 5.32 Å². The topological polar surface area (TPSA) is 42.2 Å². The SMILES string of the molecule is Cc1ccc2c(CC(=O)Nc3cccc(F)c3)coc2c1C. The molecule has 2 aromatic carbocycles. The molecule has 0 aliphatic heterocycles. The van der Waals surface area contributed by atoms with Crippen LogP contribution in [0.25, 0.3) is 11.0 Å². The van der Waals surface area contributed by atoms with Crippen molar-refractivity contribution in [1.82, 2.24) is 0 Å². The van der Waals surface area contributed by atoms with Crippen molar-refractivity contribution >= 4 is 22.6 Å². The standard InChI is InChI=1S/C18H16FNO2/c1-11-6-7-16-13(10-22-18(16)12(11)2)8-17(21)20-15-5-3-4-14(19)9-15/h3-7,9-10H,8H2,1-2H3,(H,20,21). The zero-order chi connectivity index (χ0) is 15.7. The zero-order valence-electron chi connectivity index (χ0n) is 12.4. The molecule has 1 amide bonds. The van der Waals surface area contributed by atoms with Crippen molar-refractivity contribution in [3.63, 3.8) is 0 Å². The molecule has 0 aliphatic rings. The van der Waals surface area contributed by atoms with Crippen molar-refractivity contribution in [2.45, 2.75) is 20.3 Å². The molecule has 3 aromatic rings. The fourth-order valence-electron chi connectivity index (χ4n) is 2.47. The van der Waals surface area contributed by atoms with Crippen LogP contribution in [-0.4, -0.2) is 5.91 Å². The van der Waals surface area contributed by atoms with Crippen molar-refractivity contribution in [1.29, 1.82) is 0 Å². The molecule has 112 valence electrons. The van der Waals surface area contributed by atoms with E-state index in [-0.39, 0.29) is 18.1 Å². The third kappa shape index (κ3) is 2.72. The summed E-state index contributed by atoms with van der Waals surface area (Å²) >= 11 is 0. The molecule has 1 heterocycles. The molecule has 3 nitrogen and oxygen atoms in total. The van der Waals surface area contributed by atoms with Gasteiger partial charge >= 0.3 is 0 Å². The number of anilines is 1. The lowest BCUT2D eigenvalue weighted by molar-refractivity contribution is -0.115. The van der Waals surface area contributed by atoms with Gasteiger partial charge in [0, 0.05) is 16.6 Å². The highest BCUT2D eigenvalue weighted by molar-refractivity contribution is 5.95. The summed E-state index contributed by atoms with van der Waals surface area (Å²) in [6.45, 7) is 4.02. The molecular weight excluding hydrogens is 281 g/mol. The number of rotatable bonds is 3. The van der Waals surface area contributed by atoms with Crippen molar-refractivity contribution in [3.8, 4) is 0 Å². The van der Waals surface area contributed by atoms with Crippen LogP contribution < -0.4 is 5.32 Å². The van der Waals surface area contributed by atoms with Gasteiger partial charge in [-0.1, -0.05) is 18.2 Å². The highest BCUT2D eigenvalue weighted by atomic mass is 19.1. The Kier molecular flexibility index (Phi) is 3.67. The summed E-state index contributed by atoms with van der Waals surface area (Å²) in [6, 6.07) is 9.82. The normalized spacial score (nSPS) is 10.9. The van der Waals surface area contributed by atoms with Crippen LogP contribution in [0.2, 0.25) is 0 Å². The van der Waals surface area contributed by atoms with Crippen LogP contribution in [0.4, 0.5) is 10.1 Å². The summed E-state index contributed by atoms with van der Waals surface area (Å²) in [5.41, 5.74) is 4.32. The molecule has 0 bridgehead atoms. The van der Waals surface area contributed by atoms with Gasteiger partial charge in [-0.3, -0.25) is 4.79 Å². The Morgan fingerprint density at radius 1 is 1.23 bits per heavy atom. The first-order chi connectivity index (χ1) is 10.5. The lowest BCUT2D eigenvalue weighted by atomic mass is 10.0. The summed E-state index contributed by atoms with van der Waals surface area (Å²) in [5.74, 6) is -0.579. The number of aryl methyl sites for hydroxylation is 2. The van der Waals surface area contributed by atoms with Crippen LogP contribution in [0, 0.1) is 19.7 Å². The Hall–Kier alpha value is -2.62. The molecule has 0 spiro atoms. The molecule has 0 saturated carbocycles. The number of benzene rings is 2. The monoisotopic (exact) mass is 297 g/mol. The number of hydrogen-bond donors (Lipinski definition) is 1. The van der Waals surface area contributed by atoms with Crippen LogP contribution >= 0.6 is 0 Å². The van der Waals surface area contributed by atoms with Gasteiger partial charge in [0.1, 0.15) is 11.4 Å². The summed E-state index contributed by atoms with van der Waals surface area (Å²) < 4.78 is 18.7. The quantitative estimate of drug-likeness (QED) is 0.780. The minimum absolute atomic E-state index is 0.187. The third-order valence-electron chi connectivity index (χ3n) is 3.80. The summed E-state index contributed by atoms with van der Waals surface area (Å²) in [7, 11) is 0. The van der Waals surface area contributed by atoms with Gasteiger partial charge in [-0.25, -0.2) is 4.39 Å². The molecule has 1 N–H and O–H groups in total. The van der Waals surface area contributed by atoms with Gasteiger partial charge in [-0.2, -0.15) is 0 Å². The number of halogens is 1. The van der Waals surface area contributed by atoms with E-state index >= 15 is 0 Å². The number of carbonyl (C=O) groups is 1. The third-order valence-corrected chi connectivity index (χ3v) is 3.80. The molecule has 22 heavy (non-hydrogen) atoms. The molecule has 0 aliphatic carbocycles. The molecule has 0 atom stereocenters. The Bertz CT molecular complexity index is 851. The fraction of sp³-hybridized carbons (Fsp3) is 0.167. The lowest BCUT2D eigenvalue weighted by Crippen LogP contribution is -2.14. The number of amides is 1. The van der Waals surface area contributed by atoms with E-state index in [1.807, 2.05) is 26.0 Å². The van der Waals surface area contributed by atoms with E-state index in [1.54, 1.807) is 18.4 Å². The largest absolute Gasteiger partial charge is 0.464 e. The first kappa shape index (κ1) is 14.3. The minimum atomic E-state index is -0.377. The summed E-state index contributed by atoms with van der Waals surface area (Å²) in [5, 5.41) is 3.63. The maximum Gasteiger partial charge on any atom is 0.228 e. The summed E-state index contributed by atoms with van der Waals surface area (Å²) in [6.07, 6.45) is 1.80. The molecule has 3 rings (SSSR count). The Balaban J connectivity index is 1.81. The second-order valence-electron chi connectivity index (χ2n) is 5.38. The molecule has 0 fully saturated rings. The highest BCUT2D eigenvalue weighted by Gasteiger charge is 2.13. The lowest BCUT2D eigenvalue weighted by Gasteiger charge is -2.05. The fourth-order valence-corrected chi connectivity index (χ4v) is 2.47. The van der Waals surface area contributed by atoms with E-state index < -0.39 is 0 Å². The number of furan rings is 1. The second-order valence-corrected chi connectivity index (χ2v) is 5.38. The molecule has 0 radical (unpaired) electrons. The van der Waals surface area contributed by atoms with E-state index in [0.29, 0.717) is 5.69 Å². The van der Waals surface area contributed by atoms with Crippen molar-refractivity contribution < 1.29 is 13.6 Å². The van der Waals surface area contributed by atoms with Gasteiger partial charge < -0.3 is 9.73 Å². The number of nitrogens with one attached hydrogen (secondary N) is 1. The average molecular weight is 297 g/mol. The predicted molar refractivity (Wildman–Crippen MR) is 84.4 cm³/mol. The van der Waals surface area contributed by atoms with E-state index in [1.165, 1.54) is 12.1 Å². The second kappa shape index (κ2) is 5.64. The first-order valence-electron chi connectivity index (χ1n) is 7.06. The Labute approximate surface area is 127 Å². The van der Waals surface area contributed by atoms with Gasteiger partial charge in [-0.05, 0) is 43.2 Å². The van der Waals surface area contributed by atoms with Gasteiger partial charge in [-0.15, -0.1) is 0 Å². The predicted octanol–water partition coefficient (Wildman–Crippen LogP) is 4.37. The van der Waals surface area contributed by atoms with Gasteiger partial charge in [0.05, 0.1) is 12.7 Å². The van der Waals surface area contributed by atoms with E-state index in [9.17, 15) is 9.18 Å². The Morgan fingerprint density at radius 3 is 2.82 bits per heavy atom. The summed E-state index contributed by atoms with van der Waals surface area (Å²) in [4.78, 5) is 12.1.